The largest absolute Gasteiger partial charge is 0.324 e. The van der Waals surface area contributed by atoms with Gasteiger partial charge in [-0.05, 0) is 6.92 Å². The van der Waals surface area contributed by atoms with Gasteiger partial charge >= 0.3 is 0 Å². The minimum atomic E-state index is 0.358. The van der Waals surface area contributed by atoms with Crippen LogP contribution in [0, 0.1) is 6.92 Å². The van der Waals surface area contributed by atoms with E-state index in [1.165, 1.54) is 11.3 Å². The molecule has 0 radical (unpaired) electrons. The highest BCUT2D eigenvalue weighted by Crippen LogP contribution is 2.12. The molecule has 0 amide bonds. The number of nitrogens with zero attached hydrogens (tertiary/aromatic N) is 4. The summed E-state index contributed by atoms with van der Waals surface area (Å²) < 4.78 is 1.64. The van der Waals surface area contributed by atoms with Gasteiger partial charge in [0, 0.05) is 5.38 Å². The molecular weight excluding hydrogens is 186 g/mol. The Kier molecular flexibility index (Phi) is 2.07. The van der Waals surface area contributed by atoms with Gasteiger partial charge in [-0.1, -0.05) is 0 Å². The molecule has 0 aliphatic rings. The summed E-state index contributed by atoms with van der Waals surface area (Å²) in [5, 5.41) is 6.94. The maximum absolute atomic E-state index is 5.39. The molecule has 2 N–H and O–H groups in total. The first-order valence-electron chi connectivity index (χ1n) is 3.82. The van der Waals surface area contributed by atoms with E-state index in [2.05, 4.69) is 15.1 Å². The fraction of sp³-hybridized carbons (Fsp3) is 0.286. The summed E-state index contributed by atoms with van der Waals surface area (Å²) in [6.07, 6.45) is 1.63. The van der Waals surface area contributed by atoms with Crippen molar-refractivity contribution in [1.29, 1.82) is 0 Å². The maximum Gasteiger partial charge on any atom is 0.212 e. The lowest BCUT2D eigenvalue weighted by Crippen LogP contribution is -2.00. The summed E-state index contributed by atoms with van der Waals surface area (Å²) >= 11 is 1.53. The van der Waals surface area contributed by atoms with Crippen molar-refractivity contribution in [1.82, 2.24) is 19.7 Å². The number of nitrogens with two attached hydrogens (primary N) is 1. The summed E-state index contributed by atoms with van der Waals surface area (Å²) in [4.78, 5) is 8.28. The molecule has 0 unspecified atom stereocenters. The minimum Gasteiger partial charge on any atom is -0.324 e. The molecule has 0 aliphatic heterocycles. The van der Waals surface area contributed by atoms with Crippen molar-refractivity contribution in [2.45, 2.75) is 13.5 Å². The van der Waals surface area contributed by atoms with Crippen molar-refractivity contribution in [3.05, 3.63) is 23.2 Å². The van der Waals surface area contributed by atoms with Crippen molar-refractivity contribution in [3.8, 4) is 5.13 Å². The van der Waals surface area contributed by atoms with E-state index in [9.17, 15) is 0 Å². The lowest BCUT2D eigenvalue weighted by molar-refractivity contribution is 0.821. The first-order chi connectivity index (χ1) is 6.29. The number of aromatic nitrogens is 4. The van der Waals surface area contributed by atoms with Gasteiger partial charge in [0.1, 0.15) is 6.33 Å². The quantitative estimate of drug-likeness (QED) is 0.757. The van der Waals surface area contributed by atoms with Gasteiger partial charge in [-0.3, -0.25) is 0 Å². The van der Waals surface area contributed by atoms with Gasteiger partial charge in [0.05, 0.1) is 12.2 Å². The second-order valence-electron chi connectivity index (χ2n) is 2.58. The summed E-state index contributed by atoms with van der Waals surface area (Å²) in [7, 11) is 0. The van der Waals surface area contributed by atoms with Gasteiger partial charge in [-0.15, -0.1) is 16.4 Å². The Hall–Kier alpha value is -1.27. The molecule has 2 heterocycles. The van der Waals surface area contributed by atoms with Crippen molar-refractivity contribution in [2.24, 2.45) is 5.73 Å². The Bertz CT molecular complexity index is 404. The average Bonchev–Trinajstić information content (AvgIpc) is 2.71. The van der Waals surface area contributed by atoms with E-state index >= 15 is 0 Å². The molecule has 0 saturated carbocycles. The monoisotopic (exact) mass is 195 g/mol. The lowest BCUT2D eigenvalue weighted by Gasteiger charge is -1.90. The van der Waals surface area contributed by atoms with E-state index in [1.54, 1.807) is 11.0 Å². The minimum absolute atomic E-state index is 0.358. The van der Waals surface area contributed by atoms with E-state index in [-0.39, 0.29) is 0 Å². The van der Waals surface area contributed by atoms with Gasteiger partial charge in [0.2, 0.25) is 5.13 Å². The molecule has 2 aromatic rings. The zero-order valence-corrected chi connectivity index (χ0v) is 7.95. The average molecular weight is 195 g/mol. The van der Waals surface area contributed by atoms with E-state index in [0.717, 1.165) is 10.8 Å². The molecule has 0 aromatic carbocycles. The Morgan fingerprint density at radius 2 is 2.46 bits per heavy atom. The number of rotatable bonds is 2. The zero-order chi connectivity index (χ0) is 9.26. The molecule has 6 heteroatoms. The smallest absolute Gasteiger partial charge is 0.212 e. The molecule has 5 nitrogen and oxygen atoms in total. The summed E-state index contributed by atoms with van der Waals surface area (Å²) in [5.41, 5.74) is 6.38. The van der Waals surface area contributed by atoms with Gasteiger partial charge in [0.25, 0.3) is 0 Å². The van der Waals surface area contributed by atoms with E-state index in [1.807, 2.05) is 12.3 Å². The standard InChI is InChI=1S/C7H9N5S/c1-5-3-13-7(10-5)12-4-9-6(2-8)11-12/h3-4H,2,8H2,1H3. The lowest BCUT2D eigenvalue weighted by atomic mass is 10.6. The van der Waals surface area contributed by atoms with Crippen molar-refractivity contribution in [3.63, 3.8) is 0 Å². The predicted octanol–water partition coefficient (Wildman–Crippen LogP) is 0.491. The van der Waals surface area contributed by atoms with Crippen LogP contribution in [0.1, 0.15) is 11.5 Å². The molecule has 0 aliphatic carbocycles. The fourth-order valence-corrected chi connectivity index (χ4v) is 1.65. The molecule has 0 fully saturated rings. The van der Waals surface area contributed by atoms with Gasteiger partial charge in [0.15, 0.2) is 5.82 Å². The highest BCUT2D eigenvalue weighted by molar-refractivity contribution is 7.12. The predicted molar refractivity (Wildman–Crippen MR) is 49.7 cm³/mol. The molecule has 0 saturated heterocycles. The van der Waals surface area contributed by atoms with Crippen LogP contribution in [0.3, 0.4) is 0 Å². The number of hydrogen-bond donors (Lipinski definition) is 1. The van der Waals surface area contributed by atoms with Gasteiger partial charge in [-0.25, -0.2) is 9.97 Å². The van der Waals surface area contributed by atoms with Gasteiger partial charge < -0.3 is 5.73 Å². The molecule has 68 valence electrons. The van der Waals surface area contributed by atoms with Crippen molar-refractivity contribution < 1.29 is 0 Å². The van der Waals surface area contributed by atoms with Crippen LogP contribution in [-0.2, 0) is 6.54 Å². The van der Waals surface area contributed by atoms with Crippen molar-refractivity contribution in [2.75, 3.05) is 0 Å². The van der Waals surface area contributed by atoms with E-state index in [0.29, 0.717) is 12.4 Å². The third-order valence-electron chi connectivity index (χ3n) is 1.52. The first kappa shape index (κ1) is 8.33. The molecule has 2 rings (SSSR count). The highest BCUT2D eigenvalue weighted by Gasteiger charge is 2.03. The summed E-state index contributed by atoms with van der Waals surface area (Å²) in [6, 6.07) is 0. The SMILES string of the molecule is Cc1csc(-n2cnc(CN)n2)n1. The van der Waals surface area contributed by atoms with Crippen LogP contribution in [0.15, 0.2) is 11.7 Å². The summed E-state index contributed by atoms with van der Waals surface area (Å²) in [6.45, 7) is 2.30. The van der Waals surface area contributed by atoms with Crippen LogP contribution in [0.2, 0.25) is 0 Å². The zero-order valence-electron chi connectivity index (χ0n) is 7.14. The van der Waals surface area contributed by atoms with E-state index < -0.39 is 0 Å². The van der Waals surface area contributed by atoms with Crippen LogP contribution in [0.5, 0.6) is 0 Å². The first-order valence-corrected chi connectivity index (χ1v) is 4.70. The highest BCUT2D eigenvalue weighted by atomic mass is 32.1. The molecule has 2 aromatic heterocycles. The van der Waals surface area contributed by atoms with Crippen LogP contribution in [0.4, 0.5) is 0 Å². The normalized spacial score (nSPS) is 10.6. The van der Waals surface area contributed by atoms with Crippen LogP contribution in [-0.4, -0.2) is 19.7 Å². The topological polar surface area (TPSA) is 69.6 Å². The summed E-state index contributed by atoms with van der Waals surface area (Å²) in [5.74, 6) is 0.632. The van der Waals surface area contributed by atoms with Crippen molar-refractivity contribution >= 4 is 11.3 Å². The Morgan fingerprint density at radius 3 is 3.00 bits per heavy atom. The molecule has 0 atom stereocenters. The number of thiazole rings is 1. The Balaban J connectivity index is 2.35. The maximum atomic E-state index is 5.39. The second-order valence-corrected chi connectivity index (χ2v) is 3.42. The molecular formula is C7H9N5S. The number of aryl methyl sites for hydroxylation is 1. The van der Waals surface area contributed by atoms with Gasteiger partial charge in [-0.2, -0.15) is 4.68 Å². The second kappa shape index (κ2) is 3.23. The third-order valence-corrected chi connectivity index (χ3v) is 2.47. The Morgan fingerprint density at radius 1 is 1.62 bits per heavy atom. The molecule has 0 spiro atoms. The van der Waals surface area contributed by atoms with Crippen LogP contribution < -0.4 is 5.73 Å². The Labute approximate surface area is 79.2 Å². The molecule has 13 heavy (non-hydrogen) atoms. The number of hydrogen-bond acceptors (Lipinski definition) is 5. The van der Waals surface area contributed by atoms with E-state index in [4.69, 9.17) is 5.73 Å². The molecule has 0 bridgehead atoms. The van der Waals surface area contributed by atoms with Crippen LogP contribution in [0.25, 0.3) is 5.13 Å². The fourth-order valence-electron chi connectivity index (χ4n) is 0.930. The third kappa shape index (κ3) is 1.58. The van der Waals surface area contributed by atoms with Crippen LogP contribution >= 0.6 is 11.3 Å².